The molecule has 0 saturated carbocycles. The largest absolute Gasteiger partial charge is 0.480 e. The minimum atomic E-state index is -4.79. The fourth-order valence-electron chi connectivity index (χ4n) is 6.36. The lowest BCUT2D eigenvalue weighted by Crippen LogP contribution is -2.41. The van der Waals surface area contributed by atoms with E-state index in [9.17, 15) is 23.1 Å². The van der Waals surface area contributed by atoms with E-state index in [0.29, 0.717) is 57.0 Å². The molecule has 234 valence electrons. The Hall–Kier alpha value is -4.17. The Morgan fingerprint density at radius 3 is 2.64 bits per heavy atom. The molecule has 44 heavy (non-hydrogen) atoms. The molecule has 5 N–H and O–H groups in total. The number of carbonyl (C=O) groups is 1. The Bertz CT molecular complexity index is 1570. The second-order valence-electron chi connectivity index (χ2n) is 11.8. The fourth-order valence-corrected chi connectivity index (χ4v) is 6.36. The number of nitrogens with zero attached hydrogens (tertiary/aromatic N) is 5. The van der Waals surface area contributed by atoms with Gasteiger partial charge in [-0.1, -0.05) is 18.2 Å². The highest BCUT2D eigenvalue weighted by molar-refractivity contribution is 5.74. The van der Waals surface area contributed by atoms with Crippen molar-refractivity contribution in [2.24, 2.45) is 5.41 Å². The normalized spacial score (nSPS) is 20.9. The topological polar surface area (TPSA) is 143 Å². The molecule has 6 rings (SSSR count). The summed E-state index contributed by atoms with van der Waals surface area (Å²) in [6, 6.07) is 7.38. The van der Waals surface area contributed by atoms with E-state index in [0.717, 1.165) is 24.1 Å². The van der Waals surface area contributed by atoms with E-state index in [1.807, 2.05) is 11.0 Å². The number of benzene rings is 1. The lowest BCUT2D eigenvalue weighted by Gasteiger charge is -2.39. The zero-order valence-electron chi connectivity index (χ0n) is 24.3. The number of carboxylic acid groups (broad SMARTS) is 1. The first-order valence-corrected chi connectivity index (χ1v) is 14.7. The molecule has 0 radical (unpaired) electrons. The molecule has 3 aliphatic rings. The average Bonchev–Trinajstić information content (AvgIpc) is 3.62. The Kier molecular flexibility index (Phi) is 7.97. The zero-order chi connectivity index (χ0) is 31.1. The van der Waals surface area contributed by atoms with Crippen LogP contribution in [-0.4, -0.2) is 75.8 Å². The number of carboxylic acids is 1. The third kappa shape index (κ3) is 6.22. The van der Waals surface area contributed by atoms with Gasteiger partial charge in [-0.3, -0.25) is 4.79 Å². The fraction of sp³-hybridized carbons (Fsp3) is 0.467. The van der Waals surface area contributed by atoms with E-state index in [1.165, 1.54) is 16.8 Å². The monoisotopic (exact) mass is 612 g/mol. The molecular formula is C30H35F3N8O3. The molecule has 3 aliphatic heterocycles. The SMILES string of the molecule is Cc1ccn(-c2cc(C3=CCNCC3)ccc2[C@@H](Oc2cc(N3CCC4(CC3)CN[C@H](C(=O)O)C4)nc(N)n2)C(F)(F)F)n1. The molecule has 14 heteroatoms. The molecule has 5 heterocycles. The van der Waals surface area contributed by atoms with E-state index in [4.69, 9.17) is 10.5 Å². The van der Waals surface area contributed by atoms with Crippen molar-refractivity contribution >= 4 is 23.3 Å². The summed E-state index contributed by atoms with van der Waals surface area (Å²) >= 11 is 0. The number of nitrogens with one attached hydrogen (secondary N) is 2. The number of aryl methyl sites for hydroxylation is 1. The first kappa shape index (κ1) is 29.9. The number of alkyl halides is 3. The number of aliphatic carboxylic acids is 1. The number of piperidine rings is 1. The van der Waals surface area contributed by atoms with E-state index in [-0.39, 0.29) is 28.5 Å². The minimum absolute atomic E-state index is 0.112. The molecule has 3 aromatic rings. The van der Waals surface area contributed by atoms with Crippen LogP contribution < -0.4 is 26.0 Å². The number of aromatic nitrogens is 4. The van der Waals surface area contributed by atoms with Gasteiger partial charge in [-0.05, 0) is 67.8 Å². The smallest absolute Gasteiger partial charge is 0.429 e. The van der Waals surface area contributed by atoms with Crippen molar-refractivity contribution in [3.8, 4) is 11.6 Å². The predicted molar refractivity (Wildman–Crippen MR) is 158 cm³/mol. The van der Waals surface area contributed by atoms with Gasteiger partial charge >= 0.3 is 12.1 Å². The lowest BCUT2D eigenvalue weighted by molar-refractivity contribution is -0.198. The molecule has 0 bridgehead atoms. The maximum absolute atomic E-state index is 14.8. The number of rotatable bonds is 7. The lowest BCUT2D eigenvalue weighted by atomic mass is 9.76. The first-order chi connectivity index (χ1) is 21.0. The molecule has 2 atom stereocenters. The van der Waals surface area contributed by atoms with Crippen LogP contribution >= 0.6 is 0 Å². The standard InChI is InChI=1S/C30H35F3N8O3/c1-18-6-11-41(39-18)23-14-20(19-4-9-35-10-5-19)2-3-21(23)26(30(31,32)33)44-25-15-24(37-28(34)38-25)40-12-7-29(8-13-40)16-22(27(42)43)36-17-29/h2-4,6,11,14-15,22,26,35-36H,5,7-10,12-13,16-17H2,1H3,(H,42,43)(H2,34,37,38)/t22-,26+/m0/s1. The van der Waals surface area contributed by atoms with E-state index in [2.05, 4.69) is 25.7 Å². The maximum atomic E-state index is 14.8. The Balaban J connectivity index is 1.29. The highest BCUT2D eigenvalue weighted by Crippen LogP contribution is 2.42. The number of anilines is 2. The number of ether oxygens (including phenoxy) is 1. The highest BCUT2D eigenvalue weighted by Gasteiger charge is 2.46. The molecule has 2 saturated heterocycles. The number of hydrogen-bond acceptors (Lipinski definition) is 9. The summed E-state index contributed by atoms with van der Waals surface area (Å²) < 4.78 is 51.3. The summed E-state index contributed by atoms with van der Waals surface area (Å²) in [5.74, 6) is -1.00. The molecule has 0 aliphatic carbocycles. The van der Waals surface area contributed by atoms with Gasteiger partial charge in [-0.15, -0.1) is 0 Å². The van der Waals surface area contributed by atoms with Crippen molar-refractivity contribution in [2.75, 3.05) is 43.4 Å². The third-order valence-electron chi connectivity index (χ3n) is 8.77. The molecule has 11 nitrogen and oxygen atoms in total. The predicted octanol–water partition coefficient (Wildman–Crippen LogP) is 3.65. The second kappa shape index (κ2) is 11.7. The number of hydrogen-bond donors (Lipinski definition) is 4. The number of halogens is 3. The van der Waals surface area contributed by atoms with E-state index in [1.54, 1.807) is 31.3 Å². The summed E-state index contributed by atoms with van der Waals surface area (Å²) in [6.07, 6.45) is -0.772. The summed E-state index contributed by atoms with van der Waals surface area (Å²) in [6.45, 7) is 4.94. The molecule has 1 aromatic carbocycles. The van der Waals surface area contributed by atoms with Crippen LogP contribution in [0.3, 0.4) is 0 Å². The van der Waals surface area contributed by atoms with Crippen LogP contribution in [0.2, 0.25) is 0 Å². The quantitative estimate of drug-likeness (QED) is 0.312. The van der Waals surface area contributed by atoms with Gasteiger partial charge in [0, 0.05) is 44.0 Å². The van der Waals surface area contributed by atoms with Gasteiger partial charge in [0.05, 0.1) is 11.4 Å². The molecule has 2 aromatic heterocycles. The van der Waals surface area contributed by atoms with Crippen LogP contribution in [0.15, 0.2) is 42.6 Å². The van der Waals surface area contributed by atoms with Gasteiger partial charge in [0.15, 0.2) is 0 Å². The van der Waals surface area contributed by atoms with Crippen LogP contribution in [0.4, 0.5) is 24.9 Å². The highest BCUT2D eigenvalue weighted by atomic mass is 19.4. The van der Waals surface area contributed by atoms with Crippen LogP contribution in [0.5, 0.6) is 5.88 Å². The van der Waals surface area contributed by atoms with Gasteiger partial charge in [-0.2, -0.15) is 28.2 Å². The van der Waals surface area contributed by atoms with Gasteiger partial charge in [0.2, 0.25) is 17.9 Å². The summed E-state index contributed by atoms with van der Waals surface area (Å²) in [4.78, 5) is 21.7. The van der Waals surface area contributed by atoms with Gasteiger partial charge in [0.25, 0.3) is 0 Å². The van der Waals surface area contributed by atoms with Gasteiger partial charge < -0.3 is 31.1 Å². The van der Waals surface area contributed by atoms with Crippen molar-refractivity contribution in [3.63, 3.8) is 0 Å². The zero-order valence-corrected chi connectivity index (χ0v) is 24.3. The van der Waals surface area contributed by atoms with Crippen LogP contribution in [-0.2, 0) is 4.79 Å². The molecule has 1 spiro atoms. The van der Waals surface area contributed by atoms with E-state index < -0.39 is 24.3 Å². The maximum Gasteiger partial charge on any atom is 0.429 e. The summed E-state index contributed by atoms with van der Waals surface area (Å²) in [5, 5.41) is 20.1. The van der Waals surface area contributed by atoms with Crippen molar-refractivity contribution in [2.45, 2.75) is 50.9 Å². The summed E-state index contributed by atoms with van der Waals surface area (Å²) in [7, 11) is 0. The summed E-state index contributed by atoms with van der Waals surface area (Å²) in [5.41, 5.74) is 8.51. The second-order valence-corrected chi connectivity index (χ2v) is 11.8. The number of nitrogen functional groups attached to an aromatic ring is 1. The molecule has 2 fully saturated rings. The van der Waals surface area contributed by atoms with Crippen LogP contribution in [0, 0.1) is 12.3 Å². The van der Waals surface area contributed by atoms with Crippen molar-refractivity contribution in [3.05, 3.63) is 59.4 Å². The third-order valence-corrected chi connectivity index (χ3v) is 8.77. The van der Waals surface area contributed by atoms with Gasteiger partial charge in [0.1, 0.15) is 11.9 Å². The molecule has 0 unspecified atom stereocenters. The minimum Gasteiger partial charge on any atom is -0.480 e. The molecule has 0 amide bonds. The average molecular weight is 613 g/mol. The van der Waals surface area contributed by atoms with Crippen molar-refractivity contribution < 1.29 is 27.8 Å². The van der Waals surface area contributed by atoms with Crippen molar-refractivity contribution in [1.82, 2.24) is 30.4 Å². The Morgan fingerprint density at radius 1 is 1.20 bits per heavy atom. The van der Waals surface area contributed by atoms with E-state index >= 15 is 0 Å². The van der Waals surface area contributed by atoms with Gasteiger partial charge in [-0.25, -0.2) is 4.68 Å². The Labute approximate surface area is 252 Å². The van der Waals surface area contributed by atoms with Crippen LogP contribution in [0.1, 0.15) is 48.6 Å². The van der Waals surface area contributed by atoms with Crippen LogP contribution in [0.25, 0.3) is 11.3 Å². The van der Waals surface area contributed by atoms with Crippen molar-refractivity contribution in [1.29, 1.82) is 0 Å². The molecular weight excluding hydrogens is 577 g/mol. The number of nitrogens with two attached hydrogens (primary N) is 1. The Morgan fingerprint density at radius 2 is 2.00 bits per heavy atom. The first-order valence-electron chi connectivity index (χ1n) is 14.7.